The minimum atomic E-state index is -3.15. The summed E-state index contributed by atoms with van der Waals surface area (Å²) in [4.78, 5) is 12.0. The van der Waals surface area contributed by atoms with Gasteiger partial charge in [-0.1, -0.05) is 23.7 Å². The average molecular weight is 359 g/mol. The van der Waals surface area contributed by atoms with E-state index < -0.39 is 10.0 Å². The predicted molar refractivity (Wildman–Crippen MR) is 91.9 cm³/mol. The second kappa shape index (κ2) is 8.13. The summed E-state index contributed by atoms with van der Waals surface area (Å²) in [7, 11) is -3.15. The third kappa shape index (κ3) is 6.89. The molecule has 0 radical (unpaired) electrons. The number of rotatable bonds is 6. The van der Waals surface area contributed by atoms with Gasteiger partial charge in [0.1, 0.15) is 0 Å². The fraction of sp³-hybridized carbons (Fsp3) is 0.562. The van der Waals surface area contributed by atoms with E-state index in [0.717, 1.165) is 31.2 Å². The highest BCUT2D eigenvalue weighted by atomic mass is 35.5. The van der Waals surface area contributed by atoms with Gasteiger partial charge in [-0.15, -0.1) is 0 Å². The van der Waals surface area contributed by atoms with Crippen molar-refractivity contribution in [3.63, 3.8) is 0 Å². The van der Waals surface area contributed by atoms with E-state index in [9.17, 15) is 13.2 Å². The number of nitrogens with one attached hydrogen (secondary N) is 2. The topological polar surface area (TPSA) is 75.3 Å². The molecule has 1 aromatic rings. The second-order valence-electron chi connectivity index (χ2n) is 6.13. The molecule has 7 heteroatoms. The predicted octanol–water partition coefficient (Wildman–Crippen LogP) is 2.25. The first-order valence-electron chi connectivity index (χ1n) is 7.83. The number of benzene rings is 1. The molecule has 0 atom stereocenters. The van der Waals surface area contributed by atoms with Crippen LogP contribution in [0, 0.1) is 0 Å². The highest BCUT2D eigenvalue weighted by Crippen LogP contribution is 2.19. The zero-order chi connectivity index (χ0) is 16.9. The molecule has 0 spiro atoms. The van der Waals surface area contributed by atoms with Crippen molar-refractivity contribution < 1.29 is 13.2 Å². The lowest BCUT2D eigenvalue weighted by molar-refractivity contribution is -0.122. The number of halogens is 1. The Hall–Kier alpha value is -1.11. The molecule has 1 saturated carbocycles. The third-order valence-corrected chi connectivity index (χ3v) is 5.04. The van der Waals surface area contributed by atoms with Gasteiger partial charge < -0.3 is 5.32 Å². The molecule has 2 N–H and O–H groups in total. The largest absolute Gasteiger partial charge is 0.353 e. The van der Waals surface area contributed by atoms with Crippen LogP contribution in [-0.2, 0) is 21.2 Å². The monoisotopic (exact) mass is 358 g/mol. The van der Waals surface area contributed by atoms with E-state index in [1.165, 1.54) is 6.26 Å². The zero-order valence-corrected chi connectivity index (χ0v) is 14.8. The lowest BCUT2D eigenvalue weighted by atomic mass is 9.91. The van der Waals surface area contributed by atoms with Crippen molar-refractivity contribution in [1.82, 2.24) is 10.0 Å². The first-order valence-corrected chi connectivity index (χ1v) is 10.1. The minimum Gasteiger partial charge on any atom is -0.353 e. The Balaban J connectivity index is 1.69. The Morgan fingerprint density at radius 2 is 1.70 bits per heavy atom. The minimum absolute atomic E-state index is 0.00720. The third-order valence-electron chi connectivity index (χ3n) is 4.03. The molecule has 1 aromatic carbocycles. The second-order valence-corrected chi connectivity index (χ2v) is 8.35. The van der Waals surface area contributed by atoms with Gasteiger partial charge in [-0.05, 0) is 49.8 Å². The van der Waals surface area contributed by atoms with Crippen LogP contribution in [0.1, 0.15) is 37.7 Å². The summed E-state index contributed by atoms with van der Waals surface area (Å²) in [5.74, 6) is 0.0412. The summed E-state index contributed by atoms with van der Waals surface area (Å²) in [5.41, 5.74) is 1.09. The number of hydrogen-bond donors (Lipinski definition) is 2. The summed E-state index contributed by atoms with van der Waals surface area (Å²) >= 11 is 5.83. The molecule has 23 heavy (non-hydrogen) atoms. The normalized spacial score (nSPS) is 21.8. The van der Waals surface area contributed by atoms with Crippen molar-refractivity contribution >= 4 is 27.5 Å². The molecular weight excluding hydrogens is 336 g/mol. The van der Waals surface area contributed by atoms with Gasteiger partial charge in [0.25, 0.3) is 0 Å². The van der Waals surface area contributed by atoms with Crippen molar-refractivity contribution in [3.8, 4) is 0 Å². The Morgan fingerprint density at radius 3 is 2.26 bits per heavy atom. The molecule has 0 saturated heterocycles. The molecule has 2 rings (SSSR count). The Labute approximate surface area is 142 Å². The number of amides is 1. The molecule has 128 valence electrons. The number of aryl methyl sites for hydroxylation is 1. The fourth-order valence-electron chi connectivity index (χ4n) is 2.87. The van der Waals surface area contributed by atoms with Crippen LogP contribution in [0.5, 0.6) is 0 Å². The Morgan fingerprint density at radius 1 is 1.13 bits per heavy atom. The maximum atomic E-state index is 12.0. The van der Waals surface area contributed by atoms with Gasteiger partial charge in [-0.2, -0.15) is 0 Å². The number of carbonyl (C=O) groups is 1. The molecule has 0 unspecified atom stereocenters. The number of carbonyl (C=O) groups excluding carboxylic acids is 1. The van der Waals surface area contributed by atoms with Gasteiger partial charge in [0, 0.05) is 23.5 Å². The van der Waals surface area contributed by atoms with E-state index in [0.29, 0.717) is 17.9 Å². The van der Waals surface area contributed by atoms with E-state index >= 15 is 0 Å². The molecular formula is C16H23ClN2O3S. The van der Waals surface area contributed by atoms with E-state index in [1.807, 2.05) is 24.3 Å². The summed E-state index contributed by atoms with van der Waals surface area (Å²) in [5, 5.41) is 3.73. The maximum Gasteiger partial charge on any atom is 0.220 e. The highest BCUT2D eigenvalue weighted by Gasteiger charge is 2.24. The van der Waals surface area contributed by atoms with Crippen LogP contribution in [0.4, 0.5) is 0 Å². The molecule has 1 aliphatic carbocycles. The molecule has 0 aromatic heterocycles. The average Bonchev–Trinajstić information content (AvgIpc) is 2.47. The van der Waals surface area contributed by atoms with Crippen LogP contribution in [0.2, 0.25) is 5.02 Å². The van der Waals surface area contributed by atoms with Gasteiger partial charge >= 0.3 is 0 Å². The molecule has 0 aliphatic heterocycles. The number of sulfonamides is 1. The quantitative estimate of drug-likeness (QED) is 0.819. The van der Waals surface area contributed by atoms with Crippen molar-refractivity contribution in [3.05, 3.63) is 34.9 Å². The highest BCUT2D eigenvalue weighted by molar-refractivity contribution is 7.88. The van der Waals surface area contributed by atoms with Crippen LogP contribution < -0.4 is 10.0 Å². The summed E-state index contributed by atoms with van der Waals surface area (Å²) in [6, 6.07) is 7.64. The summed E-state index contributed by atoms with van der Waals surface area (Å²) in [6.45, 7) is 0. The van der Waals surface area contributed by atoms with Crippen molar-refractivity contribution in [2.75, 3.05) is 6.26 Å². The fourth-order valence-corrected chi connectivity index (χ4v) is 3.83. The molecule has 1 aliphatic rings. The van der Waals surface area contributed by atoms with Gasteiger partial charge in [0.2, 0.25) is 15.9 Å². The first kappa shape index (κ1) is 18.2. The molecule has 0 heterocycles. The van der Waals surface area contributed by atoms with E-state index in [-0.39, 0.29) is 18.0 Å². The van der Waals surface area contributed by atoms with Crippen LogP contribution >= 0.6 is 11.6 Å². The SMILES string of the molecule is CS(=O)(=O)NC1CCC(NC(=O)CCc2ccc(Cl)cc2)CC1. The first-order chi connectivity index (χ1) is 10.8. The summed E-state index contributed by atoms with van der Waals surface area (Å²) in [6.07, 6.45) is 5.44. The van der Waals surface area contributed by atoms with Crippen LogP contribution in [-0.4, -0.2) is 32.7 Å². The van der Waals surface area contributed by atoms with Crippen molar-refractivity contribution in [1.29, 1.82) is 0 Å². The van der Waals surface area contributed by atoms with Gasteiger partial charge in [0.15, 0.2) is 0 Å². The van der Waals surface area contributed by atoms with Crippen LogP contribution in [0.25, 0.3) is 0 Å². The van der Waals surface area contributed by atoms with Gasteiger partial charge in [-0.25, -0.2) is 13.1 Å². The summed E-state index contributed by atoms with van der Waals surface area (Å²) < 4.78 is 25.1. The molecule has 1 amide bonds. The van der Waals surface area contributed by atoms with E-state index in [4.69, 9.17) is 11.6 Å². The van der Waals surface area contributed by atoms with Gasteiger partial charge in [0.05, 0.1) is 6.26 Å². The van der Waals surface area contributed by atoms with Crippen LogP contribution in [0.3, 0.4) is 0 Å². The molecule has 0 bridgehead atoms. The van der Waals surface area contributed by atoms with Crippen molar-refractivity contribution in [2.45, 2.75) is 50.6 Å². The Kier molecular flexibility index (Phi) is 6.44. The molecule has 5 nitrogen and oxygen atoms in total. The lowest BCUT2D eigenvalue weighted by Gasteiger charge is -2.29. The van der Waals surface area contributed by atoms with E-state index in [1.54, 1.807) is 0 Å². The smallest absolute Gasteiger partial charge is 0.220 e. The maximum absolute atomic E-state index is 12.0. The van der Waals surface area contributed by atoms with Crippen LogP contribution in [0.15, 0.2) is 24.3 Å². The number of hydrogen-bond acceptors (Lipinski definition) is 3. The Bertz CT molecular complexity index is 623. The molecule has 1 fully saturated rings. The zero-order valence-electron chi connectivity index (χ0n) is 13.2. The standard InChI is InChI=1S/C16H23ClN2O3S/c1-23(21,22)19-15-9-7-14(8-10-15)18-16(20)11-4-12-2-5-13(17)6-3-12/h2-3,5-6,14-15,19H,4,7-11H2,1H3,(H,18,20). The van der Waals surface area contributed by atoms with Crippen molar-refractivity contribution in [2.24, 2.45) is 0 Å². The van der Waals surface area contributed by atoms with Gasteiger partial charge in [-0.3, -0.25) is 4.79 Å². The van der Waals surface area contributed by atoms with E-state index in [2.05, 4.69) is 10.0 Å². The lowest BCUT2D eigenvalue weighted by Crippen LogP contribution is -2.43.